The highest BCUT2D eigenvalue weighted by Gasteiger charge is 2.21. The van der Waals surface area contributed by atoms with Crippen LogP contribution in [-0.4, -0.2) is 24.7 Å². The van der Waals surface area contributed by atoms with Gasteiger partial charge >= 0.3 is 0 Å². The molecule has 0 atom stereocenters. The highest BCUT2D eigenvalue weighted by molar-refractivity contribution is 6.34. The second kappa shape index (κ2) is 10.3. The van der Waals surface area contributed by atoms with Crippen molar-refractivity contribution in [2.45, 2.75) is 13.8 Å². The summed E-state index contributed by atoms with van der Waals surface area (Å²) < 4.78 is 12.2. The SMILES string of the molecule is COc1ccc(C=CC(=O)Nc2c(-c3ccccc3Cl)c3cc(C)cc(C)c3n(C)c2=O)cc1OC. The maximum absolute atomic E-state index is 13.5. The number of ether oxygens (including phenoxy) is 2. The Bertz CT molecular complexity index is 1570. The number of fused-ring (bicyclic) bond motifs is 1. The van der Waals surface area contributed by atoms with E-state index in [0.29, 0.717) is 27.6 Å². The summed E-state index contributed by atoms with van der Waals surface area (Å²) in [5.74, 6) is 0.697. The maximum Gasteiger partial charge on any atom is 0.275 e. The van der Waals surface area contributed by atoms with Crippen molar-refractivity contribution in [2.75, 3.05) is 19.5 Å². The van der Waals surface area contributed by atoms with E-state index in [1.54, 1.807) is 56.2 Å². The highest BCUT2D eigenvalue weighted by atomic mass is 35.5. The average Bonchev–Trinajstić information content (AvgIpc) is 2.86. The molecule has 4 rings (SSSR count). The number of halogens is 1. The van der Waals surface area contributed by atoms with Crippen LogP contribution in [0.25, 0.3) is 28.1 Å². The van der Waals surface area contributed by atoms with E-state index in [1.165, 1.54) is 6.08 Å². The third kappa shape index (κ3) is 4.72. The molecule has 0 saturated heterocycles. The quantitative estimate of drug-likeness (QED) is 0.321. The van der Waals surface area contributed by atoms with Gasteiger partial charge in [-0.2, -0.15) is 0 Å². The van der Waals surface area contributed by atoms with E-state index in [9.17, 15) is 9.59 Å². The molecule has 0 spiro atoms. The van der Waals surface area contributed by atoms with Gasteiger partial charge in [-0.1, -0.05) is 47.5 Å². The Kier molecular flexibility index (Phi) is 7.17. The normalized spacial score (nSPS) is 11.2. The number of benzene rings is 3. The summed E-state index contributed by atoms with van der Waals surface area (Å²) in [5, 5.41) is 4.15. The van der Waals surface area contributed by atoms with E-state index in [1.807, 2.05) is 44.2 Å². The van der Waals surface area contributed by atoms with Crippen molar-refractivity contribution in [1.29, 1.82) is 0 Å². The standard InChI is InChI=1S/C29H27ClN2O4/c1-17-14-18(2)28-21(15-17)26(20-8-6-7-9-22(20)30)27(29(34)32(28)3)31-25(33)13-11-19-10-12-23(35-4)24(16-19)36-5/h6-16H,1-5H3,(H,31,33). The first-order chi connectivity index (χ1) is 17.2. The van der Waals surface area contributed by atoms with Gasteiger partial charge in [0, 0.05) is 34.7 Å². The van der Waals surface area contributed by atoms with Gasteiger partial charge in [-0.25, -0.2) is 0 Å². The molecule has 0 aliphatic carbocycles. The predicted molar refractivity (Wildman–Crippen MR) is 146 cm³/mol. The summed E-state index contributed by atoms with van der Waals surface area (Å²) in [6.45, 7) is 3.97. The highest BCUT2D eigenvalue weighted by Crippen LogP contribution is 2.38. The van der Waals surface area contributed by atoms with Crippen LogP contribution in [0.15, 0.2) is 65.5 Å². The molecule has 6 nitrogen and oxygen atoms in total. The first-order valence-electron chi connectivity index (χ1n) is 11.3. The second-order valence-electron chi connectivity index (χ2n) is 8.51. The first kappa shape index (κ1) is 25.1. The number of pyridine rings is 1. The smallest absolute Gasteiger partial charge is 0.275 e. The third-order valence-electron chi connectivity index (χ3n) is 6.04. The van der Waals surface area contributed by atoms with Crippen molar-refractivity contribution in [3.8, 4) is 22.6 Å². The lowest BCUT2D eigenvalue weighted by Crippen LogP contribution is -2.25. The minimum Gasteiger partial charge on any atom is -0.493 e. The molecule has 1 heterocycles. The van der Waals surface area contributed by atoms with E-state index in [4.69, 9.17) is 21.1 Å². The number of amides is 1. The summed E-state index contributed by atoms with van der Waals surface area (Å²) in [6, 6.07) is 16.7. The molecule has 0 unspecified atom stereocenters. The molecule has 36 heavy (non-hydrogen) atoms. The molecule has 1 aromatic heterocycles. The Morgan fingerprint density at radius 3 is 2.42 bits per heavy atom. The van der Waals surface area contributed by atoms with Gasteiger partial charge in [0.05, 0.1) is 19.7 Å². The summed E-state index contributed by atoms with van der Waals surface area (Å²) in [4.78, 5) is 26.6. The van der Waals surface area contributed by atoms with Crippen LogP contribution in [-0.2, 0) is 11.8 Å². The van der Waals surface area contributed by atoms with Crippen molar-refractivity contribution in [3.63, 3.8) is 0 Å². The Labute approximate surface area is 214 Å². The zero-order chi connectivity index (χ0) is 26.0. The van der Waals surface area contributed by atoms with Gasteiger partial charge in [0.2, 0.25) is 5.91 Å². The number of nitrogens with one attached hydrogen (secondary N) is 1. The molecule has 3 aromatic carbocycles. The second-order valence-corrected chi connectivity index (χ2v) is 8.92. The zero-order valence-corrected chi connectivity index (χ0v) is 21.6. The van der Waals surface area contributed by atoms with Gasteiger partial charge in [0.25, 0.3) is 5.56 Å². The van der Waals surface area contributed by atoms with Crippen molar-refractivity contribution in [2.24, 2.45) is 7.05 Å². The number of aromatic nitrogens is 1. The zero-order valence-electron chi connectivity index (χ0n) is 20.8. The van der Waals surface area contributed by atoms with Gasteiger partial charge in [-0.3, -0.25) is 9.59 Å². The molecule has 1 N–H and O–H groups in total. The lowest BCUT2D eigenvalue weighted by molar-refractivity contribution is -0.111. The molecular weight excluding hydrogens is 476 g/mol. The number of anilines is 1. The topological polar surface area (TPSA) is 69.6 Å². The fourth-order valence-corrected chi connectivity index (χ4v) is 4.69. The summed E-state index contributed by atoms with van der Waals surface area (Å²) in [7, 11) is 4.82. The number of nitrogens with zero attached hydrogens (tertiary/aromatic N) is 1. The minimum absolute atomic E-state index is 0.171. The fourth-order valence-electron chi connectivity index (χ4n) is 4.46. The van der Waals surface area contributed by atoms with Crippen LogP contribution in [0.2, 0.25) is 5.02 Å². The molecule has 0 radical (unpaired) electrons. The molecule has 0 saturated carbocycles. The number of hydrogen-bond donors (Lipinski definition) is 1. The number of carbonyl (C=O) groups is 1. The van der Waals surface area contributed by atoms with E-state index >= 15 is 0 Å². The molecule has 0 bridgehead atoms. The summed E-state index contributed by atoms with van der Waals surface area (Å²) in [5.41, 5.74) is 4.65. The van der Waals surface area contributed by atoms with Crippen molar-refractivity contribution >= 4 is 40.2 Å². The molecule has 1 amide bonds. The summed E-state index contributed by atoms with van der Waals surface area (Å²) in [6.07, 6.45) is 3.02. The van der Waals surface area contributed by atoms with Gasteiger partial charge in [-0.15, -0.1) is 0 Å². The van der Waals surface area contributed by atoms with Crippen LogP contribution >= 0.6 is 11.6 Å². The molecule has 7 heteroatoms. The van der Waals surface area contributed by atoms with Crippen LogP contribution in [0.5, 0.6) is 11.5 Å². The van der Waals surface area contributed by atoms with E-state index in [2.05, 4.69) is 5.32 Å². The van der Waals surface area contributed by atoms with Crippen molar-refractivity contribution in [1.82, 2.24) is 4.57 Å². The first-order valence-corrected chi connectivity index (χ1v) is 11.7. The molecular formula is C29H27ClN2O4. The number of rotatable bonds is 6. The van der Waals surface area contributed by atoms with E-state index < -0.39 is 5.91 Å². The lowest BCUT2D eigenvalue weighted by atomic mass is 9.95. The molecule has 184 valence electrons. The van der Waals surface area contributed by atoms with Gasteiger partial charge in [-0.05, 0) is 55.3 Å². The monoisotopic (exact) mass is 502 g/mol. The van der Waals surface area contributed by atoms with E-state index in [-0.39, 0.29) is 11.2 Å². The van der Waals surface area contributed by atoms with Crippen LogP contribution in [0.1, 0.15) is 16.7 Å². The molecule has 0 fully saturated rings. The Hall–Kier alpha value is -4.03. The van der Waals surface area contributed by atoms with Crippen molar-refractivity contribution in [3.05, 3.63) is 92.7 Å². The average molecular weight is 503 g/mol. The summed E-state index contributed by atoms with van der Waals surface area (Å²) >= 11 is 6.58. The lowest BCUT2D eigenvalue weighted by Gasteiger charge is -2.19. The van der Waals surface area contributed by atoms with Gasteiger partial charge < -0.3 is 19.4 Å². The molecule has 4 aromatic rings. The maximum atomic E-state index is 13.5. The van der Waals surface area contributed by atoms with Crippen LogP contribution in [0.4, 0.5) is 5.69 Å². The third-order valence-corrected chi connectivity index (χ3v) is 6.37. The van der Waals surface area contributed by atoms with Crippen LogP contribution in [0.3, 0.4) is 0 Å². The number of aryl methyl sites for hydroxylation is 3. The predicted octanol–water partition coefficient (Wildman–Crippen LogP) is 6.14. The van der Waals surface area contributed by atoms with Crippen molar-refractivity contribution < 1.29 is 14.3 Å². The van der Waals surface area contributed by atoms with Gasteiger partial charge in [0.1, 0.15) is 5.69 Å². The molecule has 0 aliphatic rings. The van der Waals surface area contributed by atoms with Crippen LogP contribution in [0, 0.1) is 13.8 Å². The van der Waals surface area contributed by atoms with E-state index in [0.717, 1.165) is 27.6 Å². The Balaban J connectivity index is 1.84. The van der Waals surface area contributed by atoms with Gasteiger partial charge in [0.15, 0.2) is 11.5 Å². The Morgan fingerprint density at radius 1 is 1.00 bits per heavy atom. The Morgan fingerprint density at radius 2 is 1.72 bits per heavy atom. The number of carbonyl (C=O) groups excluding carboxylic acids is 1. The van der Waals surface area contributed by atoms with Crippen LogP contribution < -0.4 is 20.3 Å². The minimum atomic E-state index is -0.445. The number of hydrogen-bond acceptors (Lipinski definition) is 4. The fraction of sp³-hybridized carbons (Fsp3) is 0.172. The number of methoxy groups -OCH3 is 2. The largest absolute Gasteiger partial charge is 0.493 e. The molecule has 0 aliphatic heterocycles.